The van der Waals surface area contributed by atoms with Gasteiger partial charge in [-0.3, -0.25) is 0 Å². The van der Waals surface area contributed by atoms with Gasteiger partial charge in [0.25, 0.3) is 0 Å². The third kappa shape index (κ3) is 2.74. The minimum Gasteiger partial charge on any atom is -0.0840 e. The predicted octanol–water partition coefficient (Wildman–Crippen LogP) is 6.55. The first-order chi connectivity index (χ1) is 8.50. The van der Waals surface area contributed by atoms with E-state index in [0.29, 0.717) is 5.92 Å². The van der Waals surface area contributed by atoms with Crippen LogP contribution in [0.3, 0.4) is 0 Å². The quantitative estimate of drug-likeness (QED) is 0.580. The molecule has 0 saturated heterocycles. The summed E-state index contributed by atoms with van der Waals surface area (Å²) in [4.78, 5) is 0. The maximum Gasteiger partial charge on any atom is 0.0533 e. The minimum absolute atomic E-state index is 0.303. The molecule has 2 aromatic carbocycles. The largest absolute Gasteiger partial charge is 0.0840 e. The molecule has 2 aromatic rings. The summed E-state index contributed by atoms with van der Waals surface area (Å²) in [5.41, 5.74) is 3.12. The van der Waals surface area contributed by atoms with E-state index in [4.69, 9.17) is 23.2 Å². The van der Waals surface area contributed by atoms with Crippen LogP contribution in [0.4, 0.5) is 0 Å². The molecule has 0 unspecified atom stereocenters. The van der Waals surface area contributed by atoms with Gasteiger partial charge in [-0.25, -0.2) is 0 Å². The highest BCUT2D eigenvalue weighted by Crippen LogP contribution is 2.39. The first kappa shape index (κ1) is 13.9. The molecule has 94 valence electrons. The molecule has 0 fully saturated rings. The fourth-order valence-corrected chi connectivity index (χ4v) is 3.29. The Morgan fingerprint density at radius 1 is 1.06 bits per heavy atom. The summed E-state index contributed by atoms with van der Waals surface area (Å²) in [5, 5.41) is 1.48. The van der Waals surface area contributed by atoms with E-state index in [1.807, 2.05) is 30.3 Å². The van der Waals surface area contributed by atoms with Crippen LogP contribution in [0.25, 0.3) is 11.1 Å². The summed E-state index contributed by atoms with van der Waals surface area (Å²) in [7, 11) is 0. The summed E-state index contributed by atoms with van der Waals surface area (Å²) in [5.74, 6) is 0.303. The van der Waals surface area contributed by atoms with Crippen molar-refractivity contribution < 1.29 is 0 Å². The minimum atomic E-state index is 0.303. The molecule has 18 heavy (non-hydrogen) atoms. The van der Waals surface area contributed by atoms with Crippen molar-refractivity contribution in [1.29, 1.82) is 0 Å². The fourth-order valence-electron chi connectivity index (χ4n) is 1.98. The van der Waals surface area contributed by atoms with Crippen LogP contribution in [0.15, 0.2) is 40.9 Å². The number of hydrogen-bond donors (Lipinski definition) is 0. The van der Waals surface area contributed by atoms with Gasteiger partial charge >= 0.3 is 0 Å². The third-order valence-electron chi connectivity index (χ3n) is 2.84. The Bertz CT molecular complexity index is 577. The normalized spacial score (nSPS) is 11.0. The Kier molecular flexibility index (Phi) is 4.37. The van der Waals surface area contributed by atoms with E-state index in [1.54, 1.807) is 0 Å². The zero-order chi connectivity index (χ0) is 13.3. The molecule has 0 spiro atoms. The molecule has 2 rings (SSSR count). The van der Waals surface area contributed by atoms with Crippen molar-refractivity contribution >= 4 is 39.1 Å². The van der Waals surface area contributed by atoms with E-state index in [0.717, 1.165) is 31.2 Å². The van der Waals surface area contributed by atoms with Crippen molar-refractivity contribution in [3.05, 3.63) is 56.5 Å². The third-order valence-corrected chi connectivity index (χ3v) is 4.07. The second-order valence-corrected chi connectivity index (χ2v) is 6.19. The van der Waals surface area contributed by atoms with E-state index in [-0.39, 0.29) is 0 Å². The second-order valence-electron chi connectivity index (χ2n) is 4.49. The highest BCUT2D eigenvalue weighted by atomic mass is 79.9. The molecule has 0 saturated carbocycles. The van der Waals surface area contributed by atoms with Gasteiger partial charge in [0, 0.05) is 15.1 Å². The van der Waals surface area contributed by atoms with Gasteiger partial charge in [-0.2, -0.15) is 0 Å². The lowest BCUT2D eigenvalue weighted by Crippen LogP contribution is -1.93. The fraction of sp³-hybridized carbons (Fsp3) is 0.200. The van der Waals surface area contributed by atoms with Gasteiger partial charge < -0.3 is 0 Å². The predicted molar refractivity (Wildman–Crippen MR) is 83.7 cm³/mol. The zero-order valence-corrected chi connectivity index (χ0v) is 13.3. The van der Waals surface area contributed by atoms with Crippen LogP contribution >= 0.6 is 39.1 Å². The molecule has 0 aliphatic carbocycles. The van der Waals surface area contributed by atoms with Crippen LogP contribution in [0, 0.1) is 0 Å². The zero-order valence-electron chi connectivity index (χ0n) is 10.2. The summed E-state index contributed by atoms with van der Waals surface area (Å²) < 4.78 is 1.04. The number of benzene rings is 2. The van der Waals surface area contributed by atoms with Crippen molar-refractivity contribution in [1.82, 2.24) is 0 Å². The van der Waals surface area contributed by atoms with Gasteiger partial charge in [0.05, 0.1) is 5.02 Å². The lowest BCUT2D eigenvalue weighted by molar-refractivity contribution is 0.868. The molecule has 0 heterocycles. The molecule has 0 bridgehead atoms. The Hall–Kier alpha value is -0.500. The molecule has 0 nitrogen and oxygen atoms in total. The first-order valence-corrected chi connectivity index (χ1v) is 7.29. The van der Waals surface area contributed by atoms with Crippen LogP contribution in [-0.4, -0.2) is 0 Å². The molecule has 0 aromatic heterocycles. The number of hydrogen-bond acceptors (Lipinski definition) is 0. The van der Waals surface area contributed by atoms with Gasteiger partial charge in [-0.15, -0.1) is 0 Å². The van der Waals surface area contributed by atoms with Crippen LogP contribution in [0.2, 0.25) is 10.0 Å². The van der Waals surface area contributed by atoms with Gasteiger partial charge in [0.15, 0.2) is 0 Å². The molecule has 3 heteroatoms. The maximum atomic E-state index is 6.50. The maximum absolute atomic E-state index is 6.50. The Morgan fingerprint density at radius 3 is 2.39 bits per heavy atom. The van der Waals surface area contributed by atoms with Crippen LogP contribution in [0.5, 0.6) is 0 Å². The summed E-state index contributed by atoms with van der Waals surface area (Å²) in [6.45, 7) is 4.19. The highest BCUT2D eigenvalue weighted by molar-refractivity contribution is 9.10. The molecule has 0 aliphatic heterocycles. The summed E-state index contributed by atoms with van der Waals surface area (Å²) in [6, 6.07) is 12.0. The van der Waals surface area contributed by atoms with Crippen molar-refractivity contribution in [3.8, 4) is 11.1 Å². The van der Waals surface area contributed by atoms with Gasteiger partial charge in [0.2, 0.25) is 0 Å². The summed E-state index contributed by atoms with van der Waals surface area (Å²) >= 11 is 16.2. The van der Waals surface area contributed by atoms with E-state index in [2.05, 4.69) is 35.8 Å². The lowest BCUT2D eigenvalue weighted by atomic mass is 9.97. The van der Waals surface area contributed by atoms with Gasteiger partial charge in [0.1, 0.15) is 0 Å². The van der Waals surface area contributed by atoms with Gasteiger partial charge in [-0.05, 0) is 35.2 Å². The molecule has 0 aliphatic rings. The molecule has 0 amide bonds. The lowest BCUT2D eigenvalue weighted by Gasteiger charge is -2.14. The number of halogens is 3. The van der Waals surface area contributed by atoms with Gasteiger partial charge in [-0.1, -0.05) is 71.2 Å². The average Bonchev–Trinajstić information content (AvgIpc) is 2.28. The monoisotopic (exact) mass is 342 g/mol. The van der Waals surface area contributed by atoms with E-state index >= 15 is 0 Å². The van der Waals surface area contributed by atoms with Crippen molar-refractivity contribution in [3.63, 3.8) is 0 Å². The van der Waals surface area contributed by atoms with Crippen LogP contribution < -0.4 is 0 Å². The van der Waals surface area contributed by atoms with E-state index < -0.39 is 0 Å². The SMILES string of the molecule is CC(C)c1c(Cl)ccc(-c2cccc(Br)c2)c1Cl. The topological polar surface area (TPSA) is 0 Å². The molecule has 0 N–H and O–H groups in total. The van der Waals surface area contributed by atoms with Crippen LogP contribution in [-0.2, 0) is 0 Å². The van der Waals surface area contributed by atoms with Crippen molar-refractivity contribution in [2.45, 2.75) is 19.8 Å². The van der Waals surface area contributed by atoms with Crippen molar-refractivity contribution in [2.24, 2.45) is 0 Å². The highest BCUT2D eigenvalue weighted by Gasteiger charge is 2.14. The molecule has 0 atom stereocenters. The van der Waals surface area contributed by atoms with E-state index in [9.17, 15) is 0 Å². The smallest absolute Gasteiger partial charge is 0.0533 e. The average molecular weight is 344 g/mol. The molecule has 0 radical (unpaired) electrons. The standard InChI is InChI=1S/C15H13BrCl2/c1-9(2)14-13(17)7-6-12(15(14)18)10-4-3-5-11(16)8-10/h3-9H,1-2H3. The Labute approximate surface area is 126 Å². The first-order valence-electron chi connectivity index (χ1n) is 5.74. The van der Waals surface area contributed by atoms with Crippen molar-refractivity contribution in [2.75, 3.05) is 0 Å². The second kappa shape index (κ2) is 5.64. The Balaban J connectivity index is 2.63. The van der Waals surface area contributed by atoms with Crippen LogP contribution in [0.1, 0.15) is 25.3 Å². The Morgan fingerprint density at radius 2 is 1.78 bits per heavy atom. The number of rotatable bonds is 2. The molecular formula is C15H13BrCl2. The molecular weight excluding hydrogens is 331 g/mol. The summed E-state index contributed by atoms with van der Waals surface area (Å²) in [6.07, 6.45) is 0. The van der Waals surface area contributed by atoms with E-state index in [1.165, 1.54) is 0 Å².